The molecule has 0 spiro atoms. The first-order chi connectivity index (χ1) is 9.13. The first-order valence-corrected chi connectivity index (χ1v) is 7.10. The van der Waals surface area contributed by atoms with Gasteiger partial charge in [0.25, 0.3) is 0 Å². The Balaban J connectivity index is 2.40. The summed E-state index contributed by atoms with van der Waals surface area (Å²) in [5, 5.41) is 9.99. The van der Waals surface area contributed by atoms with Crippen LogP contribution in [0.2, 0.25) is 0 Å². The third kappa shape index (κ3) is 2.99. The van der Waals surface area contributed by atoms with E-state index in [-0.39, 0.29) is 0 Å². The van der Waals surface area contributed by atoms with Crippen molar-refractivity contribution >= 4 is 11.8 Å². The normalized spacial score (nSPS) is 10.7. The highest BCUT2D eigenvalue weighted by Crippen LogP contribution is 2.34. The summed E-state index contributed by atoms with van der Waals surface area (Å²) in [4.78, 5) is 5.81. The molecule has 19 heavy (non-hydrogen) atoms. The number of benzene rings is 1. The Hall–Kier alpha value is -1.73. The molecule has 0 aliphatic rings. The molecule has 1 aromatic heterocycles. The summed E-state index contributed by atoms with van der Waals surface area (Å²) in [6, 6.07) is 12.4. The fourth-order valence-electron chi connectivity index (χ4n) is 1.88. The molecule has 0 aliphatic heterocycles. The molecule has 3 nitrogen and oxygen atoms in total. The maximum absolute atomic E-state index is 8.86. The van der Waals surface area contributed by atoms with Crippen molar-refractivity contribution in [2.24, 2.45) is 7.05 Å². The Labute approximate surface area is 118 Å². The SMILES string of the molecule is CC(C)c1nc(CC#N)n(C)c1Sc1ccccc1. The number of nitriles is 1. The van der Waals surface area contributed by atoms with E-state index < -0.39 is 0 Å². The van der Waals surface area contributed by atoms with Gasteiger partial charge in [-0.1, -0.05) is 43.8 Å². The fraction of sp³-hybridized carbons (Fsp3) is 0.333. The molecular weight excluding hydrogens is 254 g/mol. The summed E-state index contributed by atoms with van der Waals surface area (Å²) in [7, 11) is 1.98. The molecule has 2 rings (SSSR count). The Morgan fingerprint density at radius 1 is 1.32 bits per heavy atom. The van der Waals surface area contributed by atoms with Crippen LogP contribution in [0.3, 0.4) is 0 Å². The van der Waals surface area contributed by atoms with Crippen LogP contribution in [-0.4, -0.2) is 9.55 Å². The van der Waals surface area contributed by atoms with Crippen molar-refractivity contribution in [1.29, 1.82) is 5.26 Å². The number of aromatic nitrogens is 2. The zero-order chi connectivity index (χ0) is 13.8. The molecule has 2 aromatic rings. The summed E-state index contributed by atoms with van der Waals surface area (Å²) < 4.78 is 2.04. The van der Waals surface area contributed by atoms with Crippen molar-refractivity contribution < 1.29 is 0 Å². The van der Waals surface area contributed by atoms with Crippen LogP contribution in [0, 0.1) is 11.3 Å². The van der Waals surface area contributed by atoms with Crippen LogP contribution < -0.4 is 0 Å². The van der Waals surface area contributed by atoms with Gasteiger partial charge in [-0.15, -0.1) is 0 Å². The molecule has 0 bridgehead atoms. The summed E-state index contributed by atoms with van der Waals surface area (Å²) in [5.41, 5.74) is 1.07. The van der Waals surface area contributed by atoms with E-state index in [4.69, 9.17) is 5.26 Å². The van der Waals surface area contributed by atoms with Gasteiger partial charge >= 0.3 is 0 Å². The molecule has 4 heteroatoms. The highest BCUT2D eigenvalue weighted by Gasteiger charge is 2.17. The predicted octanol–water partition coefficient (Wildman–Crippen LogP) is 3.76. The minimum Gasteiger partial charge on any atom is -0.325 e. The van der Waals surface area contributed by atoms with Crippen molar-refractivity contribution in [3.05, 3.63) is 41.9 Å². The van der Waals surface area contributed by atoms with Crippen molar-refractivity contribution in [3.63, 3.8) is 0 Å². The molecule has 0 aliphatic carbocycles. The second kappa shape index (κ2) is 5.94. The lowest BCUT2D eigenvalue weighted by atomic mass is 10.1. The number of hydrogen-bond acceptors (Lipinski definition) is 3. The van der Waals surface area contributed by atoms with Crippen LogP contribution in [0.1, 0.15) is 31.3 Å². The maximum atomic E-state index is 8.86. The molecule has 1 aromatic carbocycles. The van der Waals surface area contributed by atoms with E-state index in [0.29, 0.717) is 12.3 Å². The monoisotopic (exact) mass is 271 g/mol. The van der Waals surface area contributed by atoms with Crippen molar-refractivity contribution in [2.75, 3.05) is 0 Å². The van der Waals surface area contributed by atoms with Gasteiger partial charge in [-0.05, 0) is 18.1 Å². The number of imidazole rings is 1. The van der Waals surface area contributed by atoms with Crippen molar-refractivity contribution in [1.82, 2.24) is 9.55 Å². The van der Waals surface area contributed by atoms with E-state index in [2.05, 4.69) is 37.0 Å². The van der Waals surface area contributed by atoms with Crippen LogP contribution in [0.5, 0.6) is 0 Å². The minimum absolute atomic E-state index is 0.352. The quantitative estimate of drug-likeness (QED) is 0.850. The molecule has 0 saturated carbocycles. The van der Waals surface area contributed by atoms with E-state index in [1.165, 1.54) is 4.90 Å². The van der Waals surface area contributed by atoms with E-state index in [0.717, 1.165) is 16.5 Å². The van der Waals surface area contributed by atoms with E-state index in [1.807, 2.05) is 29.8 Å². The molecule has 0 radical (unpaired) electrons. The molecule has 98 valence electrons. The van der Waals surface area contributed by atoms with Gasteiger partial charge in [0.1, 0.15) is 10.9 Å². The predicted molar refractivity (Wildman–Crippen MR) is 77.2 cm³/mol. The summed E-state index contributed by atoms with van der Waals surface area (Å²) >= 11 is 1.71. The average Bonchev–Trinajstić information content (AvgIpc) is 2.70. The zero-order valence-electron chi connectivity index (χ0n) is 11.4. The molecule has 0 amide bonds. The highest BCUT2D eigenvalue weighted by molar-refractivity contribution is 7.99. The lowest BCUT2D eigenvalue weighted by molar-refractivity contribution is 0.747. The number of hydrogen-bond donors (Lipinski definition) is 0. The van der Waals surface area contributed by atoms with Gasteiger partial charge in [-0.3, -0.25) is 0 Å². The smallest absolute Gasteiger partial charge is 0.123 e. The van der Waals surface area contributed by atoms with Gasteiger partial charge in [0.15, 0.2) is 0 Å². The topological polar surface area (TPSA) is 41.6 Å². The third-order valence-corrected chi connectivity index (χ3v) is 4.09. The minimum atomic E-state index is 0.352. The third-order valence-electron chi connectivity index (χ3n) is 2.90. The Morgan fingerprint density at radius 2 is 2.00 bits per heavy atom. The second-order valence-corrected chi connectivity index (χ2v) is 5.74. The van der Waals surface area contributed by atoms with Crippen molar-refractivity contribution in [3.8, 4) is 6.07 Å². The van der Waals surface area contributed by atoms with Gasteiger partial charge in [0, 0.05) is 11.9 Å². The van der Waals surface area contributed by atoms with E-state index in [9.17, 15) is 0 Å². The summed E-state index contributed by atoms with van der Waals surface area (Å²) in [6.07, 6.45) is 0.353. The van der Waals surface area contributed by atoms with Gasteiger partial charge < -0.3 is 4.57 Å². The average molecular weight is 271 g/mol. The lowest BCUT2D eigenvalue weighted by Gasteiger charge is -2.08. The van der Waals surface area contributed by atoms with Gasteiger partial charge in [0.05, 0.1) is 18.2 Å². The van der Waals surface area contributed by atoms with E-state index >= 15 is 0 Å². The molecular formula is C15H17N3S. The highest BCUT2D eigenvalue weighted by atomic mass is 32.2. The molecule has 0 atom stereocenters. The van der Waals surface area contributed by atoms with Crippen LogP contribution in [0.15, 0.2) is 40.3 Å². The van der Waals surface area contributed by atoms with Gasteiger partial charge in [0.2, 0.25) is 0 Å². The first-order valence-electron chi connectivity index (χ1n) is 6.28. The van der Waals surface area contributed by atoms with Crippen LogP contribution in [0.4, 0.5) is 0 Å². The van der Waals surface area contributed by atoms with Crippen LogP contribution in [-0.2, 0) is 13.5 Å². The van der Waals surface area contributed by atoms with E-state index in [1.54, 1.807) is 11.8 Å². The Kier molecular flexibility index (Phi) is 4.28. The summed E-state index contributed by atoms with van der Waals surface area (Å²) in [5.74, 6) is 1.19. The molecule has 0 unspecified atom stereocenters. The second-order valence-electron chi connectivity index (χ2n) is 4.68. The molecule has 0 N–H and O–H groups in total. The fourth-order valence-corrected chi connectivity index (χ4v) is 3.02. The Morgan fingerprint density at radius 3 is 2.58 bits per heavy atom. The largest absolute Gasteiger partial charge is 0.325 e. The maximum Gasteiger partial charge on any atom is 0.123 e. The van der Waals surface area contributed by atoms with Crippen LogP contribution in [0.25, 0.3) is 0 Å². The van der Waals surface area contributed by atoms with Crippen LogP contribution >= 0.6 is 11.8 Å². The Bertz CT molecular complexity index is 594. The zero-order valence-corrected chi connectivity index (χ0v) is 12.2. The van der Waals surface area contributed by atoms with Gasteiger partial charge in [-0.2, -0.15) is 5.26 Å². The summed E-state index contributed by atoms with van der Waals surface area (Å²) in [6.45, 7) is 4.26. The first kappa shape index (κ1) is 13.7. The van der Waals surface area contributed by atoms with Gasteiger partial charge in [-0.25, -0.2) is 4.98 Å². The molecule has 0 fully saturated rings. The van der Waals surface area contributed by atoms with Crippen molar-refractivity contribution in [2.45, 2.75) is 36.1 Å². The number of rotatable bonds is 4. The molecule has 1 heterocycles. The standard InChI is InChI=1S/C15H17N3S/c1-11(2)14-15(18(3)13(17-14)9-10-16)19-12-7-5-4-6-8-12/h4-8,11H,9H2,1-3H3. The lowest BCUT2D eigenvalue weighted by Crippen LogP contribution is -1.97. The number of nitrogens with zero attached hydrogens (tertiary/aromatic N) is 3. The molecule has 0 saturated heterocycles.